The van der Waals surface area contributed by atoms with Gasteiger partial charge in [0.2, 0.25) is 0 Å². The van der Waals surface area contributed by atoms with Crippen LogP contribution in [0.4, 0.5) is 0 Å². The third-order valence-electron chi connectivity index (χ3n) is 0.920. The minimum atomic E-state index is -4.00. The summed E-state index contributed by atoms with van der Waals surface area (Å²) in [4.78, 5) is 0. The van der Waals surface area contributed by atoms with E-state index < -0.39 is 28.6 Å². The van der Waals surface area contributed by atoms with Crippen molar-refractivity contribution in [2.45, 2.75) is 12.5 Å². The van der Waals surface area contributed by atoms with Crippen LogP contribution in [0.1, 0.15) is 6.42 Å². The molecule has 0 aliphatic carbocycles. The first-order valence-electron chi connectivity index (χ1n) is 2.70. The summed E-state index contributed by atoms with van der Waals surface area (Å²) < 4.78 is 28.2. The molecule has 0 aliphatic rings. The Morgan fingerprint density at radius 1 is 1.36 bits per heavy atom. The molecule has 64 valence electrons. The monoisotopic (exact) mass is 194 g/mol. The molecule has 1 unspecified atom stereocenters. The van der Waals surface area contributed by atoms with Crippen molar-refractivity contribution in [2.24, 2.45) is 0 Å². The van der Waals surface area contributed by atoms with Gasteiger partial charge in [-0.2, -0.15) is 8.42 Å². The molecule has 0 aromatic heterocycles. The first-order chi connectivity index (χ1) is 4.45. The summed E-state index contributed by atoms with van der Waals surface area (Å²) in [6.07, 6.45) is -1.21. The van der Waals surface area contributed by atoms with E-state index in [0.717, 1.165) is 0 Å². The normalized spacial score (nSPS) is 13.7. The van der Waals surface area contributed by atoms with Crippen LogP contribution in [-0.4, -0.2) is 71.2 Å². The predicted molar refractivity (Wildman–Crippen MR) is 41.3 cm³/mol. The Labute approximate surface area is 87.5 Å². The summed E-state index contributed by atoms with van der Waals surface area (Å²) in [5.74, 6) is -0.519. The van der Waals surface area contributed by atoms with Crippen LogP contribution in [-0.2, 0) is 10.1 Å². The molecule has 7 heteroatoms. The van der Waals surface area contributed by atoms with E-state index in [1.165, 1.54) is 0 Å². The average molecular weight is 194 g/mol. The molecule has 0 radical (unpaired) electrons. The molecule has 3 N–H and O–H groups in total. The van der Waals surface area contributed by atoms with E-state index in [4.69, 9.17) is 14.8 Å². The third kappa shape index (κ3) is 10.8. The van der Waals surface area contributed by atoms with Crippen molar-refractivity contribution in [3.05, 3.63) is 0 Å². The van der Waals surface area contributed by atoms with Gasteiger partial charge in [-0.3, -0.25) is 4.55 Å². The summed E-state index contributed by atoms with van der Waals surface area (Å²) in [5, 5.41) is 16.8. The van der Waals surface area contributed by atoms with Crippen molar-refractivity contribution in [1.29, 1.82) is 0 Å². The molecule has 0 amide bonds. The van der Waals surface area contributed by atoms with Crippen LogP contribution in [0.2, 0.25) is 0 Å². The fourth-order valence-electron chi connectivity index (χ4n) is 0.376. The molecule has 0 aliphatic heterocycles. The summed E-state index contributed by atoms with van der Waals surface area (Å²) in [5.41, 5.74) is 0. The van der Waals surface area contributed by atoms with Crippen molar-refractivity contribution in [3.63, 3.8) is 0 Å². The van der Waals surface area contributed by atoms with E-state index >= 15 is 0 Å². The van der Waals surface area contributed by atoms with Crippen LogP contribution < -0.4 is 0 Å². The second-order valence-corrected chi connectivity index (χ2v) is 3.48. The van der Waals surface area contributed by atoms with Crippen molar-refractivity contribution in [3.8, 4) is 0 Å². The first kappa shape index (κ1) is 14.4. The topological polar surface area (TPSA) is 94.8 Å². The molecular weight excluding hydrogens is 183 g/mol. The van der Waals surface area contributed by atoms with Crippen molar-refractivity contribution in [2.75, 3.05) is 12.4 Å². The molecule has 0 rings (SSSR count). The van der Waals surface area contributed by atoms with Gasteiger partial charge in [-0.15, -0.1) is 0 Å². The third-order valence-corrected chi connectivity index (χ3v) is 1.67. The SMILES string of the molecule is O=S(=O)(O)CCC(O)CO.[NaH]. The predicted octanol–water partition coefficient (Wildman–Crippen LogP) is -2.03. The van der Waals surface area contributed by atoms with Gasteiger partial charge in [-0.1, -0.05) is 0 Å². The molecular formula is C4H11NaO5S. The van der Waals surface area contributed by atoms with Crippen LogP contribution in [0.15, 0.2) is 0 Å². The number of hydrogen-bond donors (Lipinski definition) is 3. The van der Waals surface area contributed by atoms with Gasteiger partial charge in [-0.05, 0) is 6.42 Å². The summed E-state index contributed by atoms with van der Waals surface area (Å²) in [6, 6.07) is 0. The van der Waals surface area contributed by atoms with Crippen LogP contribution in [0.3, 0.4) is 0 Å². The Hall–Kier alpha value is 0.830. The number of rotatable bonds is 4. The summed E-state index contributed by atoms with van der Waals surface area (Å²) in [7, 11) is -4.00. The van der Waals surface area contributed by atoms with E-state index in [1.54, 1.807) is 0 Å². The Morgan fingerprint density at radius 2 is 1.82 bits per heavy atom. The molecule has 0 heterocycles. The molecule has 0 fully saturated rings. The second-order valence-electron chi connectivity index (χ2n) is 1.91. The van der Waals surface area contributed by atoms with Crippen LogP contribution >= 0.6 is 0 Å². The van der Waals surface area contributed by atoms with Gasteiger partial charge in [0.15, 0.2) is 0 Å². The van der Waals surface area contributed by atoms with Crippen molar-refractivity contribution >= 4 is 39.7 Å². The summed E-state index contributed by atoms with van der Waals surface area (Å²) in [6.45, 7) is -0.491. The minimum absolute atomic E-state index is 0. The van der Waals surface area contributed by atoms with Gasteiger partial charge in [0.1, 0.15) is 0 Å². The quantitative estimate of drug-likeness (QED) is 0.354. The zero-order valence-electron chi connectivity index (χ0n) is 5.27. The molecule has 0 saturated carbocycles. The maximum atomic E-state index is 10.0. The Morgan fingerprint density at radius 3 is 2.09 bits per heavy atom. The molecule has 1 atom stereocenters. The number of aliphatic hydroxyl groups is 2. The van der Waals surface area contributed by atoms with Crippen molar-refractivity contribution in [1.82, 2.24) is 0 Å². The van der Waals surface area contributed by atoms with Gasteiger partial charge in [0.25, 0.3) is 10.1 Å². The molecule has 0 aromatic rings. The van der Waals surface area contributed by atoms with Gasteiger partial charge in [-0.25, -0.2) is 0 Å². The average Bonchev–Trinajstić information content (AvgIpc) is 1.81. The van der Waals surface area contributed by atoms with E-state index in [9.17, 15) is 8.42 Å². The van der Waals surface area contributed by atoms with Crippen LogP contribution in [0.5, 0.6) is 0 Å². The fraction of sp³-hybridized carbons (Fsp3) is 1.00. The second kappa shape index (κ2) is 6.36. The molecule has 0 aromatic carbocycles. The van der Waals surface area contributed by atoms with E-state index in [-0.39, 0.29) is 36.0 Å². The number of hydrogen-bond acceptors (Lipinski definition) is 4. The molecule has 0 bridgehead atoms. The molecule has 0 spiro atoms. The van der Waals surface area contributed by atoms with Crippen molar-refractivity contribution < 1.29 is 23.2 Å². The van der Waals surface area contributed by atoms with Gasteiger partial charge < -0.3 is 10.2 Å². The standard InChI is InChI=1S/C4H10O5S.Na.H/c5-3-4(6)1-2-10(7,8)9;;/h4-6H,1-3H2,(H,7,8,9);;. The maximum absolute atomic E-state index is 10.0. The van der Waals surface area contributed by atoms with Crippen LogP contribution in [0.25, 0.3) is 0 Å². The molecule has 0 saturated heterocycles. The Bertz CT molecular complexity index is 177. The van der Waals surface area contributed by atoms with Gasteiger partial charge in [0, 0.05) is 0 Å². The van der Waals surface area contributed by atoms with Crippen LogP contribution in [0, 0.1) is 0 Å². The van der Waals surface area contributed by atoms with E-state index in [0.29, 0.717) is 0 Å². The molecule has 11 heavy (non-hydrogen) atoms. The Balaban J connectivity index is 0. The van der Waals surface area contributed by atoms with E-state index in [2.05, 4.69) is 0 Å². The first-order valence-corrected chi connectivity index (χ1v) is 4.30. The zero-order valence-corrected chi connectivity index (χ0v) is 6.08. The Kier molecular flexibility index (Phi) is 8.30. The number of aliphatic hydroxyl groups excluding tert-OH is 2. The fourth-order valence-corrected chi connectivity index (χ4v) is 0.946. The van der Waals surface area contributed by atoms with Gasteiger partial charge >= 0.3 is 29.6 Å². The van der Waals surface area contributed by atoms with Gasteiger partial charge in [0.05, 0.1) is 18.5 Å². The van der Waals surface area contributed by atoms with E-state index in [1.807, 2.05) is 0 Å². The summed E-state index contributed by atoms with van der Waals surface area (Å²) >= 11 is 0. The molecule has 5 nitrogen and oxygen atoms in total. The zero-order chi connectivity index (χ0) is 8.20.